The fraction of sp³-hybridized carbons (Fsp3) is 0.231. The van der Waals surface area contributed by atoms with Gasteiger partial charge in [-0.25, -0.2) is 18.4 Å². The maximum Gasteiger partial charge on any atom is 0.446 e. The van der Waals surface area contributed by atoms with Gasteiger partial charge in [-0.05, 0) is 57.4 Å². The van der Waals surface area contributed by atoms with Crippen LogP contribution < -0.4 is 16.8 Å². The van der Waals surface area contributed by atoms with Crippen LogP contribution in [0.5, 0.6) is 0 Å². The fourth-order valence-electron chi connectivity index (χ4n) is 2.01. The monoisotopic (exact) mass is 526 g/mol. The second-order valence-electron chi connectivity index (χ2n) is 4.74. The Kier molecular flexibility index (Phi) is 6.66. The van der Waals surface area contributed by atoms with E-state index in [9.17, 15) is 9.18 Å². The summed E-state index contributed by atoms with van der Waals surface area (Å²) in [6.45, 7) is 1.05. The summed E-state index contributed by atoms with van der Waals surface area (Å²) in [6.07, 6.45) is 0.711. The van der Waals surface area contributed by atoms with Crippen LogP contribution in [0.2, 0.25) is 0 Å². The number of aromatic nitrogens is 4. The smallest absolute Gasteiger partial charge is 0.365 e. The first-order chi connectivity index (χ1) is 11.6. The Morgan fingerprint density at radius 2 is 2.12 bits per heavy atom. The van der Waals surface area contributed by atoms with Crippen molar-refractivity contribution in [2.75, 3.05) is 18.4 Å². The maximum absolute atomic E-state index is 13.4. The van der Waals surface area contributed by atoms with E-state index in [1.165, 1.54) is 18.2 Å². The predicted octanol–water partition coefficient (Wildman–Crippen LogP) is 2.16. The van der Waals surface area contributed by atoms with Crippen molar-refractivity contribution >= 4 is 45.7 Å². The Morgan fingerprint density at radius 1 is 1.32 bits per heavy atom. The zero-order valence-corrected chi connectivity index (χ0v) is 16.5. The summed E-state index contributed by atoms with van der Waals surface area (Å²) < 4.78 is 24.2. The molecular formula is C13H13BrFIN6O3. The lowest BCUT2D eigenvalue weighted by Crippen LogP contribution is -2.14. The van der Waals surface area contributed by atoms with E-state index in [0.29, 0.717) is 31.0 Å². The van der Waals surface area contributed by atoms with E-state index >= 15 is 0 Å². The van der Waals surface area contributed by atoms with Crippen molar-refractivity contribution in [1.29, 1.82) is 0 Å². The van der Waals surface area contributed by atoms with Gasteiger partial charge in [-0.1, -0.05) is 5.16 Å². The van der Waals surface area contributed by atoms with Crippen LogP contribution in [-0.2, 0) is 0 Å². The molecule has 3 aromatic rings. The molecule has 12 heteroatoms. The lowest BCUT2D eigenvalue weighted by atomic mass is 10.3. The van der Waals surface area contributed by atoms with Gasteiger partial charge in [0.15, 0.2) is 5.69 Å². The van der Waals surface area contributed by atoms with Gasteiger partial charge in [-0.15, -0.1) is 24.0 Å². The first-order valence-electron chi connectivity index (χ1n) is 6.93. The minimum atomic E-state index is -0.751. The molecule has 0 unspecified atom stereocenters. The van der Waals surface area contributed by atoms with Gasteiger partial charge in [0.1, 0.15) is 5.82 Å². The molecule has 0 atom stereocenters. The van der Waals surface area contributed by atoms with Crippen LogP contribution >= 0.6 is 39.9 Å². The van der Waals surface area contributed by atoms with Gasteiger partial charge in [-0.3, -0.25) is 4.52 Å². The molecule has 2 heterocycles. The van der Waals surface area contributed by atoms with E-state index in [2.05, 4.69) is 36.7 Å². The van der Waals surface area contributed by atoms with Crippen molar-refractivity contribution < 1.29 is 13.5 Å². The van der Waals surface area contributed by atoms with Gasteiger partial charge in [0.2, 0.25) is 11.6 Å². The number of rotatable bonds is 6. The molecule has 0 saturated carbocycles. The van der Waals surface area contributed by atoms with Gasteiger partial charge >= 0.3 is 5.76 Å². The third-order valence-electron chi connectivity index (χ3n) is 3.14. The summed E-state index contributed by atoms with van der Waals surface area (Å²) in [4.78, 5) is 12.0. The minimum Gasteiger partial charge on any atom is -0.365 e. The molecule has 0 aliphatic carbocycles. The van der Waals surface area contributed by atoms with Crippen LogP contribution in [0.3, 0.4) is 0 Å². The average Bonchev–Trinajstić information content (AvgIpc) is 3.17. The molecule has 3 N–H and O–H groups in total. The zero-order valence-electron chi connectivity index (χ0n) is 12.6. The van der Waals surface area contributed by atoms with Crippen LogP contribution in [0.4, 0.5) is 10.2 Å². The molecule has 3 rings (SSSR count). The topological polar surface area (TPSA) is 125 Å². The lowest BCUT2D eigenvalue weighted by Gasteiger charge is -2.05. The molecule has 0 amide bonds. The molecule has 0 aliphatic heterocycles. The normalized spacial score (nSPS) is 10.5. The van der Waals surface area contributed by atoms with E-state index in [-0.39, 0.29) is 40.0 Å². The third kappa shape index (κ3) is 4.07. The quantitative estimate of drug-likeness (QED) is 0.370. The second-order valence-corrected chi connectivity index (χ2v) is 5.59. The molecule has 1 aromatic carbocycles. The number of nitrogens with zero attached hydrogens (tertiary/aromatic N) is 4. The number of halogens is 3. The molecule has 0 radical (unpaired) electrons. The van der Waals surface area contributed by atoms with Crippen LogP contribution in [0.25, 0.3) is 17.2 Å². The summed E-state index contributed by atoms with van der Waals surface area (Å²) in [7, 11) is 0. The summed E-state index contributed by atoms with van der Waals surface area (Å²) in [5, 5.41) is 14.2. The molecule has 0 fully saturated rings. The Hall–Kier alpha value is -1.80. The maximum atomic E-state index is 13.4. The number of hydrogen-bond acceptors (Lipinski definition) is 8. The molecular weight excluding hydrogens is 514 g/mol. The fourth-order valence-corrected chi connectivity index (χ4v) is 2.38. The van der Waals surface area contributed by atoms with E-state index in [0.717, 1.165) is 4.57 Å². The van der Waals surface area contributed by atoms with Crippen LogP contribution in [0.1, 0.15) is 6.42 Å². The third-order valence-corrected chi connectivity index (χ3v) is 3.75. The van der Waals surface area contributed by atoms with Crippen molar-refractivity contribution in [2.24, 2.45) is 5.73 Å². The molecule has 0 aliphatic rings. The van der Waals surface area contributed by atoms with Gasteiger partial charge in [-0.2, -0.15) is 0 Å². The standard InChI is InChI=1S/C13H12BrFN6O3.HI/c14-8-6-7(2-3-9(8)15)21-12(20-23-13(21)22)10-11(19-24-18-10)17-5-1-4-16;/h2-3,6H,1,4-5,16H2,(H,17,19);1H. The highest BCUT2D eigenvalue weighted by Gasteiger charge is 2.22. The molecule has 0 spiro atoms. The number of anilines is 1. The molecule has 2 aromatic heterocycles. The molecule has 0 saturated heterocycles. The highest BCUT2D eigenvalue weighted by molar-refractivity contribution is 14.0. The van der Waals surface area contributed by atoms with Crippen molar-refractivity contribution in [3.63, 3.8) is 0 Å². The minimum absolute atomic E-state index is 0. The summed E-state index contributed by atoms with van der Waals surface area (Å²) in [6, 6.07) is 4.05. The Bertz CT molecular complexity index is 911. The number of nitrogens with one attached hydrogen (secondary N) is 1. The highest BCUT2D eigenvalue weighted by Crippen LogP contribution is 2.26. The second kappa shape index (κ2) is 8.53. The summed E-state index contributed by atoms with van der Waals surface area (Å²) in [5.41, 5.74) is 5.98. The predicted molar refractivity (Wildman–Crippen MR) is 101 cm³/mol. The van der Waals surface area contributed by atoms with Crippen molar-refractivity contribution in [3.05, 3.63) is 39.0 Å². The Labute approximate surface area is 165 Å². The largest absolute Gasteiger partial charge is 0.446 e. The van der Waals surface area contributed by atoms with Crippen LogP contribution in [0, 0.1) is 5.82 Å². The summed E-state index contributed by atoms with van der Waals surface area (Å²) in [5.74, 6) is -0.835. The van der Waals surface area contributed by atoms with E-state index < -0.39 is 11.6 Å². The van der Waals surface area contributed by atoms with Gasteiger partial charge in [0, 0.05) is 6.54 Å². The van der Waals surface area contributed by atoms with Gasteiger partial charge in [0.05, 0.1) is 10.2 Å². The van der Waals surface area contributed by atoms with Crippen molar-refractivity contribution in [2.45, 2.75) is 6.42 Å². The first-order valence-corrected chi connectivity index (χ1v) is 7.72. The number of hydrogen-bond donors (Lipinski definition) is 2. The van der Waals surface area contributed by atoms with E-state index in [4.69, 9.17) is 14.9 Å². The highest BCUT2D eigenvalue weighted by atomic mass is 127. The SMILES string of the molecule is I.NCCCNc1nonc1-c1noc(=O)n1-c1ccc(F)c(Br)c1. The van der Waals surface area contributed by atoms with Crippen LogP contribution in [0.15, 0.2) is 36.6 Å². The van der Waals surface area contributed by atoms with Crippen molar-refractivity contribution in [1.82, 2.24) is 20.0 Å². The lowest BCUT2D eigenvalue weighted by molar-refractivity contribution is 0.309. The van der Waals surface area contributed by atoms with Gasteiger partial charge in [0.25, 0.3) is 0 Å². The molecule has 9 nitrogen and oxygen atoms in total. The molecule has 134 valence electrons. The Morgan fingerprint density at radius 3 is 2.84 bits per heavy atom. The Balaban J connectivity index is 0.00000225. The molecule has 0 bridgehead atoms. The number of nitrogens with two attached hydrogens (primary N) is 1. The number of benzene rings is 1. The van der Waals surface area contributed by atoms with E-state index in [1.54, 1.807) is 0 Å². The molecule has 25 heavy (non-hydrogen) atoms. The van der Waals surface area contributed by atoms with Gasteiger partial charge < -0.3 is 11.1 Å². The van der Waals surface area contributed by atoms with Crippen molar-refractivity contribution in [3.8, 4) is 17.2 Å². The van der Waals surface area contributed by atoms with E-state index in [1.807, 2.05) is 0 Å². The average molecular weight is 527 g/mol. The summed E-state index contributed by atoms with van der Waals surface area (Å²) >= 11 is 3.07. The zero-order chi connectivity index (χ0) is 17.1. The first kappa shape index (κ1) is 19.5. The van der Waals surface area contributed by atoms with Crippen LogP contribution in [-0.4, -0.2) is 33.1 Å².